The number of azo groups is 1. The van der Waals surface area contributed by atoms with Gasteiger partial charge in [-0.15, -0.1) is 11.8 Å². The molecule has 1 fully saturated rings. The SMILES string of the molecule is O=C(Nc1ccc(SC2CC(=O)N(c3ccc(N=Nc4ccccc4)cc3)C2=O)cc1)c1ccc(Cl)cc1Cl. The van der Waals surface area contributed by atoms with Gasteiger partial charge in [-0.1, -0.05) is 41.4 Å². The maximum absolute atomic E-state index is 13.1. The molecule has 0 aromatic heterocycles. The van der Waals surface area contributed by atoms with Gasteiger partial charge in [-0.05, 0) is 78.9 Å². The van der Waals surface area contributed by atoms with Gasteiger partial charge in [0.25, 0.3) is 5.91 Å². The normalized spacial score (nSPS) is 15.2. The molecule has 1 heterocycles. The van der Waals surface area contributed by atoms with E-state index in [1.165, 1.54) is 22.7 Å². The standard InChI is InChI=1S/C29H20Cl2N4O3S/c30-18-6-15-24(25(31)16-18)28(37)32-19-9-13-23(14-10-19)39-26-17-27(36)35(29(26)38)22-11-7-21(8-12-22)34-33-20-4-2-1-3-5-20/h1-16,26H,17H2,(H,32,37). The zero-order valence-electron chi connectivity index (χ0n) is 20.3. The lowest BCUT2D eigenvalue weighted by Crippen LogP contribution is -2.30. The van der Waals surface area contributed by atoms with Gasteiger partial charge >= 0.3 is 0 Å². The molecule has 1 unspecified atom stereocenters. The van der Waals surface area contributed by atoms with Crippen LogP contribution >= 0.6 is 35.0 Å². The van der Waals surface area contributed by atoms with Gasteiger partial charge < -0.3 is 5.32 Å². The first kappa shape index (κ1) is 26.6. The lowest BCUT2D eigenvalue weighted by Gasteiger charge is -2.15. The summed E-state index contributed by atoms with van der Waals surface area (Å²) in [6, 6.07) is 27.8. The number of carbonyl (C=O) groups excluding carboxylic acids is 3. The molecule has 7 nitrogen and oxygen atoms in total. The molecule has 1 saturated heterocycles. The van der Waals surface area contributed by atoms with Gasteiger partial charge in [0.05, 0.1) is 32.9 Å². The highest BCUT2D eigenvalue weighted by atomic mass is 35.5. The Bertz CT molecular complexity index is 1560. The summed E-state index contributed by atoms with van der Waals surface area (Å²) in [4.78, 5) is 40.4. The number of benzene rings is 4. The van der Waals surface area contributed by atoms with Crippen LogP contribution in [0.15, 0.2) is 112 Å². The molecule has 1 aliphatic rings. The molecule has 4 aromatic rings. The van der Waals surface area contributed by atoms with Crippen LogP contribution in [0.5, 0.6) is 0 Å². The molecule has 0 radical (unpaired) electrons. The van der Waals surface area contributed by atoms with E-state index in [1.54, 1.807) is 60.7 Å². The summed E-state index contributed by atoms with van der Waals surface area (Å²) in [5, 5.41) is 11.3. The van der Waals surface area contributed by atoms with E-state index in [4.69, 9.17) is 23.2 Å². The first-order valence-electron chi connectivity index (χ1n) is 11.8. The average molecular weight is 575 g/mol. The van der Waals surface area contributed by atoms with Crippen molar-refractivity contribution >= 4 is 75.4 Å². The van der Waals surface area contributed by atoms with E-state index in [0.29, 0.717) is 27.6 Å². The molecular formula is C29H20Cl2N4O3S. The fraction of sp³-hybridized carbons (Fsp3) is 0.0690. The Balaban J connectivity index is 1.20. The summed E-state index contributed by atoms with van der Waals surface area (Å²) in [6.07, 6.45) is 0.0898. The molecule has 4 aromatic carbocycles. The van der Waals surface area contributed by atoms with Crippen molar-refractivity contribution < 1.29 is 14.4 Å². The first-order chi connectivity index (χ1) is 18.9. The maximum Gasteiger partial charge on any atom is 0.257 e. The van der Waals surface area contributed by atoms with Gasteiger partial charge in [-0.3, -0.25) is 14.4 Å². The van der Waals surface area contributed by atoms with E-state index in [2.05, 4.69) is 15.5 Å². The number of carbonyl (C=O) groups is 3. The van der Waals surface area contributed by atoms with Crippen molar-refractivity contribution in [2.24, 2.45) is 10.2 Å². The summed E-state index contributed by atoms with van der Waals surface area (Å²) in [7, 11) is 0. The van der Waals surface area contributed by atoms with Crippen LogP contribution in [0.3, 0.4) is 0 Å². The van der Waals surface area contributed by atoms with Crippen LogP contribution in [0.1, 0.15) is 16.8 Å². The predicted molar refractivity (Wildman–Crippen MR) is 155 cm³/mol. The Labute approximate surface area is 238 Å². The topological polar surface area (TPSA) is 91.2 Å². The van der Waals surface area contributed by atoms with Crippen LogP contribution in [-0.4, -0.2) is 23.0 Å². The second-order valence-corrected chi connectivity index (χ2v) is 10.7. The van der Waals surface area contributed by atoms with Gasteiger partial charge in [0.15, 0.2) is 0 Å². The van der Waals surface area contributed by atoms with Gasteiger partial charge in [-0.25, -0.2) is 4.90 Å². The predicted octanol–water partition coefficient (Wildman–Crippen LogP) is 8.09. The van der Waals surface area contributed by atoms with Crippen LogP contribution in [0, 0.1) is 0 Å². The molecule has 0 saturated carbocycles. The summed E-state index contributed by atoms with van der Waals surface area (Å²) in [5.74, 6) is -0.907. The van der Waals surface area contributed by atoms with Gasteiger partial charge in [0.2, 0.25) is 11.8 Å². The molecule has 39 heavy (non-hydrogen) atoms. The summed E-state index contributed by atoms with van der Waals surface area (Å²) >= 11 is 13.3. The van der Waals surface area contributed by atoms with E-state index >= 15 is 0 Å². The van der Waals surface area contributed by atoms with Crippen molar-refractivity contribution in [1.29, 1.82) is 0 Å². The Morgan fingerprint density at radius 1 is 0.846 bits per heavy atom. The zero-order chi connectivity index (χ0) is 27.4. The lowest BCUT2D eigenvalue weighted by molar-refractivity contribution is -0.121. The van der Waals surface area contributed by atoms with E-state index in [1.807, 2.05) is 30.3 Å². The van der Waals surface area contributed by atoms with E-state index in [9.17, 15) is 14.4 Å². The van der Waals surface area contributed by atoms with Crippen molar-refractivity contribution in [3.8, 4) is 0 Å². The summed E-state index contributed by atoms with van der Waals surface area (Å²) in [5.41, 5.74) is 2.70. The van der Waals surface area contributed by atoms with Crippen molar-refractivity contribution in [1.82, 2.24) is 0 Å². The number of imide groups is 1. The number of nitrogens with zero attached hydrogens (tertiary/aromatic N) is 3. The number of thioether (sulfide) groups is 1. The van der Waals surface area contributed by atoms with Crippen molar-refractivity contribution in [3.63, 3.8) is 0 Å². The largest absolute Gasteiger partial charge is 0.322 e. The van der Waals surface area contributed by atoms with E-state index in [0.717, 1.165) is 10.6 Å². The average Bonchev–Trinajstić information content (AvgIpc) is 3.21. The van der Waals surface area contributed by atoms with Gasteiger partial charge in [0, 0.05) is 22.0 Å². The van der Waals surface area contributed by atoms with E-state index in [-0.39, 0.29) is 29.2 Å². The third-order valence-corrected chi connectivity index (χ3v) is 7.56. The molecule has 10 heteroatoms. The third kappa shape index (κ3) is 6.37. The number of rotatable bonds is 7. The Morgan fingerprint density at radius 3 is 2.18 bits per heavy atom. The zero-order valence-corrected chi connectivity index (χ0v) is 22.6. The van der Waals surface area contributed by atoms with Gasteiger partial charge in [-0.2, -0.15) is 10.2 Å². The van der Waals surface area contributed by atoms with Crippen molar-refractivity contribution in [2.75, 3.05) is 10.2 Å². The quantitative estimate of drug-likeness (QED) is 0.178. The molecule has 1 atom stereocenters. The number of halogens is 2. The molecule has 0 spiro atoms. The minimum Gasteiger partial charge on any atom is -0.322 e. The fourth-order valence-electron chi connectivity index (χ4n) is 3.90. The highest BCUT2D eigenvalue weighted by Gasteiger charge is 2.40. The number of nitrogens with one attached hydrogen (secondary N) is 1. The minimum absolute atomic E-state index is 0.0898. The highest BCUT2D eigenvalue weighted by molar-refractivity contribution is 8.00. The Hall–Kier alpha value is -3.98. The lowest BCUT2D eigenvalue weighted by atomic mass is 10.2. The number of anilines is 2. The van der Waals surface area contributed by atoms with E-state index < -0.39 is 5.25 Å². The van der Waals surface area contributed by atoms with Crippen LogP contribution in [0.4, 0.5) is 22.7 Å². The molecule has 1 aliphatic heterocycles. The molecule has 0 bridgehead atoms. The number of hydrogen-bond donors (Lipinski definition) is 1. The van der Waals surface area contributed by atoms with Crippen LogP contribution < -0.4 is 10.2 Å². The van der Waals surface area contributed by atoms with Crippen LogP contribution in [0.2, 0.25) is 10.0 Å². The number of amides is 3. The molecule has 5 rings (SSSR count). The van der Waals surface area contributed by atoms with Crippen LogP contribution in [0.25, 0.3) is 0 Å². The molecule has 1 N–H and O–H groups in total. The Kier molecular flexibility index (Phi) is 8.07. The van der Waals surface area contributed by atoms with Crippen LogP contribution in [-0.2, 0) is 9.59 Å². The summed E-state index contributed by atoms with van der Waals surface area (Å²) in [6.45, 7) is 0. The smallest absolute Gasteiger partial charge is 0.257 e. The maximum atomic E-state index is 13.1. The van der Waals surface area contributed by atoms with Crippen molar-refractivity contribution in [2.45, 2.75) is 16.6 Å². The molecule has 3 amide bonds. The first-order valence-corrected chi connectivity index (χ1v) is 13.5. The van der Waals surface area contributed by atoms with Gasteiger partial charge in [0.1, 0.15) is 0 Å². The Morgan fingerprint density at radius 2 is 1.51 bits per heavy atom. The second-order valence-electron chi connectivity index (χ2n) is 8.53. The third-order valence-electron chi connectivity index (χ3n) is 5.82. The summed E-state index contributed by atoms with van der Waals surface area (Å²) < 4.78 is 0. The molecule has 0 aliphatic carbocycles. The monoisotopic (exact) mass is 574 g/mol. The molecular weight excluding hydrogens is 555 g/mol. The van der Waals surface area contributed by atoms with Crippen molar-refractivity contribution in [3.05, 3.63) is 113 Å². The highest BCUT2D eigenvalue weighted by Crippen LogP contribution is 2.35. The second kappa shape index (κ2) is 11.8. The minimum atomic E-state index is -0.553. The fourth-order valence-corrected chi connectivity index (χ4v) is 5.45. The number of hydrogen-bond acceptors (Lipinski definition) is 6. The molecule has 194 valence electrons.